The molecule has 1 saturated heterocycles. The minimum Gasteiger partial charge on any atom is -0.357 e. The number of rotatable bonds is 8. The Morgan fingerprint density at radius 3 is 2.54 bits per heavy atom. The maximum atomic E-state index is 11.9. The van der Waals surface area contributed by atoms with Crippen molar-refractivity contribution in [1.29, 1.82) is 0 Å². The molecule has 0 aromatic heterocycles. The summed E-state index contributed by atoms with van der Waals surface area (Å²) in [5.41, 5.74) is 0. The summed E-state index contributed by atoms with van der Waals surface area (Å²) in [6.07, 6.45) is 3.93. The van der Waals surface area contributed by atoms with E-state index in [4.69, 9.17) is 0 Å². The van der Waals surface area contributed by atoms with E-state index in [9.17, 15) is 16.8 Å². The fraction of sp³-hybridized carbons (Fsp3) is 0.929. The third-order valence-electron chi connectivity index (χ3n) is 4.36. The van der Waals surface area contributed by atoms with E-state index in [1.807, 2.05) is 6.92 Å². The van der Waals surface area contributed by atoms with Crippen LogP contribution in [0.5, 0.6) is 0 Å². The quantitative estimate of drug-likeness (QED) is 0.384. The van der Waals surface area contributed by atoms with Crippen LogP contribution in [-0.2, 0) is 19.9 Å². The van der Waals surface area contributed by atoms with Crippen molar-refractivity contribution in [2.75, 3.05) is 36.9 Å². The first kappa shape index (κ1) is 19.5. The van der Waals surface area contributed by atoms with Crippen LogP contribution < -0.4 is 15.4 Å². The molecule has 1 saturated carbocycles. The Bertz CT molecular complexity index is 642. The molecule has 0 aromatic rings. The lowest BCUT2D eigenvalue weighted by Gasteiger charge is -2.25. The van der Waals surface area contributed by atoms with E-state index in [0.717, 1.165) is 12.8 Å². The zero-order valence-electron chi connectivity index (χ0n) is 14.1. The number of hydrogen-bond donors (Lipinski definition) is 3. The smallest absolute Gasteiger partial charge is 0.213 e. The second kappa shape index (κ2) is 8.48. The van der Waals surface area contributed by atoms with Gasteiger partial charge in [0.1, 0.15) is 0 Å². The molecular formula is C14H28N4O4S2. The van der Waals surface area contributed by atoms with Crippen molar-refractivity contribution in [1.82, 2.24) is 15.4 Å². The van der Waals surface area contributed by atoms with Crippen molar-refractivity contribution in [2.45, 2.75) is 38.6 Å². The van der Waals surface area contributed by atoms with E-state index in [1.165, 1.54) is 6.42 Å². The van der Waals surface area contributed by atoms with Gasteiger partial charge in [-0.15, -0.1) is 0 Å². The molecule has 2 fully saturated rings. The van der Waals surface area contributed by atoms with Crippen molar-refractivity contribution in [3.8, 4) is 0 Å². The third kappa shape index (κ3) is 6.56. The topological polar surface area (TPSA) is 117 Å². The number of sulfone groups is 1. The van der Waals surface area contributed by atoms with E-state index < -0.39 is 19.9 Å². The van der Waals surface area contributed by atoms with Crippen molar-refractivity contribution in [3.05, 3.63) is 0 Å². The number of aliphatic imine (C=N–C) groups is 1. The summed E-state index contributed by atoms with van der Waals surface area (Å²) in [4.78, 5) is 4.25. The molecule has 1 aliphatic carbocycles. The minimum absolute atomic E-state index is 0.0702. The van der Waals surface area contributed by atoms with Gasteiger partial charge in [-0.2, -0.15) is 0 Å². The molecule has 2 rings (SSSR count). The summed E-state index contributed by atoms with van der Waals surface area (Å²) in [6, 6.07) is -0.166. The molecule has 0 bridgehead atoms. The molecule has 0 radical (unpaired) electrons. The van der Waals surface area contributed by atoms with Crippen LogP contribution in [0.15, 0.2) is 4.99 Å². The van der Waals surface area contributed by atoms with Crippen LogP contribution in [0.1, 0.15) is 32.6 Å². The highest BCUT2D eigenvalue weighted by atomic mass is 32.2. The van der Waals surface area contributed by atoms with Crippen LogP contribution in [0.4, 0.5) is 0 Å². The van der Waals surface area contributed by atoms with E-state index >= 15 is 0 Å². The first-order chi connectivity index (χ1) is 11.3. The van der Waals surface area contributed by atoms with E-state index in [1.54, 1.807) is 0 Å². The van der Waals surface area contributed by atoms with Gasteiger partial charge in [-0.25, -0.2) is 21.6 Å². The molecule has 0 amide bonds. The Labute approximate surface area is 144 Å². The van der Waals surface area contributed by atoms with Crippen LogP contribution in [0, 0.1) is 5.92 Å². The Kier molecular flexibility index (Phi) is 6.88. The molecular weight excluding hydrogens is 352 g/mol. The van der Waals surface area contributed by atoms with Crippen LogP contribution in [-0.4, -0.2) is 65.7 Å². The van der Waals surface area contributed by atoms with E-state index in [-0.39, 0.29) is 29.8 Å². The Hall–Kier alpha value is -0.870. The number of guanidine groups is 1. The summed E-state index contributed by atoms with van der Waals surface area (Å²) in [5.74, 6) is 1.15. The average Bonchev–Trinajstić information content (AvgIpc) is 2.76. The van der Waals surface area contributed by atoms with Gasteiger partial charge in [-0.05, 0) is 32.1 Å². The summed E-state index contributed by atoms with van der Waals surface area (Å²) in [7, 11) is -6.28. The number of nitrogens with one attached hydrogen (secondary N) is 3. The largest absolute Gasteiger partial charge is 0.357 e. The lowest BCUT2D eigenvalue weighted by atomic mass is 9.86. The van der Waals surface area contributed by atoms with Crippen molar-refractivity contribution in [3.63, 3.8) is 0 Å². The normalized spacial score (nSPS) is 24.5. The van der Waals surface area contributed by atoms with Gasteiger partial charge in [0, 0.05) is 19.1 Å². The molecule has 140 valence electrons. The zero-order chi connectivity index (χ0) is 17.6. The first-order valence-electron chi connectivity index (χ1n) is 8.52. The number of sulfonamides is 1. The standard InChI is InChI=1S/C14H28N4O4S2/c1-2-15-14(18-13-6-8-23(19,20)11-13)16-7-9-24(21,22)17-10-12-4-3-5-12/h12-13,17H,2-11H2,1H3,(H2,15,16,18). The number of hydrogen-bond acceptors (Lipinski definition) is 5. The maximum absolute atomic E-state index is 11.9. The highest BCUT2D eigenvalue weighted by Gasteiger charge is 2.28. The first-order valence-corrected chi connectivity index (χ1v) is 12.0. The second-order valence-corrected chi connectivity index (χ2v) is 10.6. The molecule has 1 unspecified atom stereocenters. The van der Waals surface area contributed by atoms with Crippen LogP contribution >= 0.6 is 0 Å². The molecule has 24 heavy (non-hydrogen) atoms. The minimum atomic E-state index is -3.32. The molecule has 0 aromatic carbocycles. The van der Waals surface area contributed by atoms with Crippen molar-refractivity contribution in [2.24, 2.45) is 10.9 Å². The summed E-state index contributed by atoms with van der Waals surface area (Å²) < 4.78 is 49.5. The zero-order valence-corrected chi connectivity index (χ0v) is 15.8. The molecule has 3 N–H and O–H groups in total. The van der Waals surface area contributed by atoms with Crippen LogP contribution in [0.25, 0.3) is 0 Å². The van der Waals surface area contributed by atoms with Gasteiger partial charge >= 0.3 is 0 Å². The van der Waals surface area contributed by atoms with Gasteiger partial charge in [0.05, 0.1) is 23.8 Å². The fourth-order valence-electron chi connectivity index (χ4n) is 2.71. The molecule has 1 heterocycles. The lowest BCUT2D eigenvalue weighted by molar-refractivity contribution is 0.316. The van der Waals surface area contributed by atoms with E-state index in [2.05, 4.69) is 20.3 Å². The van der Waals surface area contributed by atoms with Gasteiger partial charge in [-0.3, -0.25) is 4.99 Å². The van der Waals surface area contributed by atoms with Gasteiger partial charge in [0.2, 0.25) is 10.0 Å². The SMILES string of the molecule is CCNC(=NCCS(=O)(=O)NCC1CCC1)NC1CCS(=O)(=O)C1. The van der Waals surface area contributed by atoms with Gasteiger partial charge in [0.15, 0.2) is 15.8 Å². The molecule has 8 nitrogen and oxygen atoms in total. The molecule has 2 aliphatic rings. The number of nitrogens with zero attached hydrogens (tertiary/aromatic N) is 1. The second-order valence-electron chi connectivity index (χ2n) is 6.47. The van der Waals surface area contributed by atoms with Crippen LogP contribution in [0.2, 0.25) is 0 Å². The molecule has 10 heteroatoms. The Balaban J connectivity index is 1.79. The van der Waals surface area contributed by atoms with Gasteiger partial charge in [-0.1, -0.05) is 6.42 Å². The highest BCUT2D eigenvalue weighted by Crippen LogP contribution is 2.25. The molecule has 0 spiro atoms. The van der Waals surface area contributed by atoms with Crippen molar-refractivity contribution >= 4 is 25.8 Å². The summed E-state index contributed by atoms with van der Waals surface area (Å²) in [5, 5.41) is 6.09. The average molecular weight is 381 g/mol. The Morgan fingerprint density at radius 2 is 2.00 bits per heavy atom. The molecule has 1 aliphatic heterocycles. The Morgan fingerprint density at radius 1 is 1.25 bits per heavy atom. The molecule has 1 atom stereocenters. The maximum Gasteiger partial charge on any atom is 0.213 e. The predicted octanol–water partition coefficient (Wildman–Crippen LogP) is -0.552. The van der Waals surface area contributed by atoms with Crippen molar-refractivity contribution < 1.29 is 16.8 Å². The third-order valence-corrected chi connectivity index (χ3v) is 7.46. The van der Waals surface area contributed by atoms with Gasteiger partial charge < -0.3 is 10.6 Å². The predicted molar refractivity (Wildman–Crippen MR) is 95.3 cm³/mol. The lowest BCUT2D eigenvalue weighted by Crippen LogP contribution is -2.44. The fourth-order valence-corrected chi connectivity index (χ4v) is 5.35. The highest BCUT2D eigenvalue weighted by molar-refractivity contribution is 7.91. The van der Waals surface area contributed by atoms with Gasteiger partial charge in [0.25, 0.3) is 0 Å². The van der Waals surface area contributed by atoms with E-state index in [0.29, 0.717) is 31.4 Å². The van der Waals surface area contributed by atoms with Crippen LogP contribution in [0.3, 0.4) is 0 Å². The monoisotopic (exact) mass is 380 g/mol. The summed E-state index contributed by atoms with van der Waals surface area (Å²) >= 11 is 0. The summed E-state index contributed by atoms with van der Waals surface area (Å²) in [6.45, 7) is 3.18.